The molecule has 1 unspecified atom stereocenters. The first kappa shape index (κ1) is 14.1. The summed E-state index contributed by atoms with van der Waals surface area (Å²) >= 11 is 5.92. The van der Waals surface area contributed by atoms with Gasteiger partial charge < -0.3 is 10.6 Å². The first-order valence-electron chi connectivity index (χ1n) is 7.07. The lowest BCUT2D eigenvalue weighted by Crippen LogP contribution is -2.33. The standard InChI is InChI=1S/C15H17ClN4O/c1-17-14(21)10-4-2-3-5-12(10)19-13-11(9-6-7-9)8-18-15(16)20-13/h2-4,8-9,12H,5-7H2,1H3,(H,17,21)(H,18,19,20). The Hall–Kier alpha value is -1.88. The SMILES string of the molecule is CNC(=O)C1=CC=CCC1Nc1nc(Cl)ncc1C1CC1. The topological polar surface area (TPSA) is 66.9 Å². The van der Waals surface area contributed by atoms with E-state index in [1.165, 1.54) is 0 Å². The number of likely N-dealkylation sites (N-methyl/N-ethyl adjacent to an activating group) is 1. The van der Waals surface area contributed by atoms with Crippen LogP contribution in [0, 0.1) is 0 Å². The summed E-state index contributed by atoms with van der Waals surface area (Å²) in [4.78, 5) is 20.3. The number of aromatic nitrogens is 2. The lowest BCUT2D eigenvalue weighted by Gasteiger charge is -2.23. The van der Waals surface area contributed by atoms with E-state index in [2.05, 4.69) is 20.6 Å². The van der Waals surface area contributed by atoms with Gasteiger partial charge in [0.05, 0.1) is 6.04 Å². The maximum atomic E-state index is 12.0. The molecule has 0 saturated heterocycles. The Labute approximate surface area is 128 Å². The molecule has 6 heteroatoms. The fourth-order valence-electron chi connectivity index (χ4n) is 2.49. The maximum absolute atomic E-state index is 12.0. The molecule has 2 aliphatic rings. The van der Waals surface area contributed by atoms with E-state index in [0.29, 0.717) is 11.5 Å². The quantitative estimate of drug-likeness (QED) is 0.838. The number of carbonyl (C=O) groups is 1. The molecule has 1 fully saturated rings. The van der Waals surface area contributed by atoms with Crippen molar-refractivity contribution in [2.24, 2.45) is 0 Å². The molecule has 0 spiro atoms. The summed E-state index contributed by atoms with van der Waals surface area (Å²) in [5.74, 6) is 1.17. The average molecular weight is 305 g/mol. The number of amides is 1. The molecule has 0 aromatic carbocycles. The highest BCUT2D eigenvalue weighted by Gasteiger charge is 2.29. The number of rotatable bonds is 4. The van der Waals surface area contributed by atoms with E-state index >= 15 is 0 Å². The zero-order valence-electron chi connectivity index (χ0n) is 11.8. The predicted octanol–water partition coefficient (Wildman–Crippen LogP) is 2.42. The molecule has 1 heterocycles. The molecule has 110 valence electrons. The van der Waals surface area contributed by atoms with Crippen molar-refractivity contribution in [3.8, 4) is 0 Å². The van der Waals surface area contributed by atoms with Gasteiger partial charge in [-0.3, -0.25) is 4.79 Å². The Morgan fingerprint density at radius 2 is 2.24 bits per heavy atom. The van der Waals surface area contributed by atoms with E-state index in [0.717, 1.165) is 30.6 Å². The van der Waals surface area contributed by atoms with E-state index in [4.69, 9.17) is 11.6 Å². The van der Waals surface area contributed by atoms with Gasteiger partial charge in [0.25, 0.3) is 0 Å². The molecule has 21 heavy (non-hydrogen) atoms. The number of anilines is 1. The number of hydrogen-bond acceptors (Lipinski definition) is 4. The first-order valence-corrected chi connectivity index (χ1v) is 7.44. The first-order chi connectivity index (χ1) is 10.2. The molecule has 0 bridgehead atoms. The van der Waals surface area contributed by atoms with Gasteiger partial charge in [-0.2, -0.15) is 0 Å². The molecule has 1 aromatic heterocycles. The number of carbonyl (C=O) groups excluding carboxylic acids is 1. The summed E-state index contributed by atoms with van der Waals surface area (Å²) in [7, 11) is 1.63. The Bertz CT molecular complexity index is 622. The van der Waals surface area contributed by atoms with E-state index < -0.39 is 0 Å². The van der Waals surface area contributed by atoms with E-state index in [-0.39, 0.29) is 17.2 Å². The van der Waals surface area contributed by atoms with Crippen LogP contribution in [-0.2, 0) is 4.79 Å². The van der Waals surface area contributed by atoms with Crippen molar-refractivity contribution in [1.29, 1.82) is 0 Å². The summed E-state index contributed by atoms with van der Waals surface area (Å²) < 4.78 is 0. The van der Waals surface area contributed by atoms with Gasteiger partial charge in [-0.25, -0.2) is 9.97 Å². The summed E-state index contributed by atoms with van der Waals surface area (Å²) in [5.41, 5.74) is 1.79. The highest BCUT2D eigenvalue weighted by atomic mass is 35.5. The monoisotopic (exact) mass is 304 g/mol. The third-order valence-corrected chi connectivity index (χ3v) is 3.95. The van der Waals surface area contributed by atoms with Gasteiger partial charge in [-0.15, -0.1) is 0 Å². The smallest absolute Gasteiger partial charge is 0.249 e. The van der Waals surface area contributed by atoms with Gasteiger partial charge in [0, 0.05) is 24.4 Å². The van der Waals surface area contributed by atoms with E-state index in [1.54, 1.807) is 13.2 Å². The Balaban J connectivity index is 1.85. The normalized spacial score (nSPS) is 20.9. The van der Waals surface area contributed by atoms with Crippen LogP contribution in [0.2, 0.25) is 5.28 Å². The van der Waals surface area contributed by atoms with Gasteiger partial charge in [0.2, 0.25) is 11.2 Å². The van der Waals surface area contributed by atoms with Crippen molar-refractivity contribution >= 4 is 23.3 Å². The van der Waals surface area contributed by atoms with Gasteiger partial charge >= 0.3 is 0 Å². The fourth-order valence-corrected chi connectivity index (χ4v) is 2.62. The largest absolute Gasteiger partial charge is 0.362 e. The molecule has 1 saturated carbocycles. The number of nitrogens with zero attached hydrogens (tertiary/aromatic N) is 2. The lowest BCUT2D eigenvalue weighted by atomic mass is 9.97. The van der Waals surface area contributed by atoms with Gasteiger partial charge in [-0.05, 0) is 36.8 Å². The van der Waals surface area contributed by atoms with Crippen LogP contribution in [0.5, 0.6) is 0 Å². The predicted molar refractivity (Wildman–Crippen MR) is 82.3 cm³/mol. The fraction of sp³-hybridized carbons (Fsp3) is 0.400. The van der Waals surface area contributed by atoms with Crippen molar-refractivity contribution in [3.63, 3.8) is 0 Å². The van der Waals surface area contributed by atoms with Crippen molar-refractivity contribution in [3.05, 3.63) is 40.8 Å². The summed E-state index contributed by atoms with van der Waals surface area (Å²) in [6.45, 7) is 0. The van der Waals surface area contributed by atoms with Crippen LogP contribution in [0.4, 0.5) is 5.82 Å². The zero-order valence-corrected chi connectivity index (χ0v) is 12.5. The number of allylic oxidation sites excluding steroid dienone is 2. The van der Waals surface area contributed by atoms with Gasteiger partial charge in [-0.1, -0.05) is 18.2 Å². The summed E-state index contributed by atoms with van der Waals surface area (Å²) in [6, 6.07) is -0.0987. The minimum absolute atomic E-state index is 0.0787. The zero-order chi connectivity index (χ0) is 14.8. The summed E-state index contributed by atoms with van der Waals surface area (Å²) in [5, 5.41) is 6.25. The van der Waals surface area contributed by atoms with Crippen LogP contribution >= 0.6 is 11.6 Å². The van der Waals surface area contributed by atoms with Crippen molar-refractivity contribution in [1.82, 2.24) is 15.3 Å². The van der Waals surface area contributed by atoms with Crippen LogP contribution in [0.25, 0.3) is 0 Å². The maximum Gasteiger partial charge on any atom is 0.249 e. The minimum atomic E-state index is -0.0987. The van der Waals surface area contributed by atoms with Crippen molar-refractivity contribution in [2.45, 2.75) is 31.2 Å². The Morgan fingerprint density at radius 1 is 1.43 bits per heavy atom. The van der Waals surface area contributed by atoms with Crippen LogP contribution in [0.15, 0.2) is 30.0 Å². The van der Waals surface area contributed by atoms with Crippen molar-refractivity contribution in [2.75, 3.05) is 12.4 Å². The molecule has 1 aromatic rings. The second kappa shape index (κ2) is 5.85. The molecular formula is C15H17ClN4O. The van der Waals surface area contributed by atoms with Crippen LogP contribution in [0.1, 0.15) is 30.7 Å². The number of nitrogens with one attached hydrogen (secondary N) is 2. The third-order valence-electron chi connectivity index (χ3n) is 3.76. The third kappa shape index (κ3) is 3.08. The van der Waals surface area contributed by atoms with Crippen LogP contribution < -0.4 is 10.6 Å². The molecule has 5 nitrogen and oxygen atoms in total. The Kier molecular flexibility index (Phi) is 3.92. The molecule has 3 rings (SSSR count). The number of halogens is 1. The molecule has 0 radical (unpaired) electrons. The van der Waals surface area contributed by atoms with Gasteiger partial charge in [0.15, 0.2) is 0 Å². The van der Waals surface area contributed by atoms with E-state index in [1.807, 2.05) is 18.2 Å². The van der Waals surface area contributed by atoms with E-state index in [9.17, 15) is 4.79 Å². The highest BCUT2D eigenvalue weighted by Crippen LogP contribution is 2.43. The minimum Gasteiger partial charge on any atom is -0.362 e. The highest BCUT2D eigenvalue weighted by molar-refractivity contribution is 6.28. The molecule has 2 aliphatic carbocycles. The second-order valence-electron chi connectivity index (χ2n) is 5.28. The van der Waals surface area contributed by atoms with Crippen molar-refractivity contribution < 1.29 is 4.79 Å². The molecule has 1 amide bonds. The lowest BCUT2D eigenvalue weighted by molar-refractivity contribution is -0.117. The van der Waals surface area contributed by atoms with Crippen LogP contribution in [-0.4, -0.2) is 29.0 Å². The van der Waals surface area contributed by atoms with Crippen LogP contribution in [0.3, 0.4) is 0 Å². The molecule has 0 aliphatic heterocycles. The number of hydrogen-bond donors (Lipinski definition) is 2. The second-order valence-corrected chi connectivity index (χ2v) is 5.62. The molecule has 1 atom stereocenters. The average Bonchev–Trinajstić information content (AvgIpc) is 3.32. The molecular weight excluding hydrogens is 288 g/mol. The Morgan fingerprint density at radius 3 is 2.95 bits per heavy atom. The molecule has 2 N–H and O–H groups in total. The van der Waals surface area contributed by atoms with Gasteiger partial charge in [0.1, 0.15) is 5.82 Å². The summed E-state index contributed by atoms with van der Waals surface area (Å²) in [6.07, 6.45) is 10.6.